The zero-order chi connectivity index (χ0) is 11.6. The fourth-order valence-electron chi connectivity index (χ4n) is 2.47. The maximum Gasteiger partial charge on any atom is 0.0917 e. The molecule has 1 saturated heterocycles. The number of thiophene rings is 1. The molecule has 1 atom stereocenters. The van der Waals surface area contributed by atoms with Gasteiger partial charge in [-0.15, -0.1) is 0 Å². The first-order valence-corrected chi connectivity index (χ1v) is 7.05. The minimum atomic E-state index is -0.580. The summed E-state index contributed by atoms with van der Waals surface area (Å²) in [4.78, 5) is 2.46. The summed E-state index contributed by atoms with van der Waals surface area (Å²) in [5, 5.41) is 14.8. The third kappa shape index (κ3) is 2.47. The molecule has 1 N–H and O–H groups in total. The van der Waals surface area contributed by atoms with E-state index in [0.29, 0.717) is 6.04 Å². The van der Waals surface area contributed by atoms with E-state index < -0.39 is 5.60 Å². The molecule has 1 aromatic rings. The van der Waals surface area contributed by atoms with Gasteiger partial charge in [-0.1, -0.05) is 0 Å². The van der Waals surface area contributed by atoms with Crippen LogP contribution in [0, 0.1) is 0 Å². The van der Waals surface area contributed by atoms with E-state index in [2.05, 4.69) is 35.6 Å². The molecule has 1 aliphatic heterocycles. The molecule has 0 radical (unpaired) electrons. The highest BCUT2D eigenvalue weighted by Gasteiger charge is 2.32. The number of aliphatic hydroxyl groups is 1. The molecule has 0 amide bonds. The SMILES string of the molecule is CC(C)N1CCCC(O)(c2ccsc2)CC1. The predicted octanol–water partition coefficient (Wildman–Crippen LogP) is 2.83. The molecule has 3 heteroatoms. The molecule has 0 saturated carbocycles. The smallest absolute Gasteiger partial charge is 0.0917 e. The monoisotopic (exact) mass is 239 g/mol. The van der Waals surface area contributed by atoms with E-state index >= 15 is 0 Å². The number of likely N-dealkylation sites (tertiary alicyclic amines) is 1. The lowest BCUT2D eigenvalue weighted by atomic mass is 9.89. The molecule has 0 spiro atoms. The molecule has 1 fully saturated rings. The second-order valence-corrected chi connectivity index (χ2v) is 5.81. The van der Waals surface area contributed by atoms with Gasteiger partial charge in [0.1, 0.15) is 0 Å². The number of nitrogens with zero attached hydrogens (tertiary/aromatic N) is 1. The van der Waals surface area contributed by atoms with Crippen molar-refractivity contribution in [1.82, 2.24) is 4.90 Å². The summed E-state index contributed by atoms with van der Waals surface area (Å²) in [6, 6.07) is 2.65. The Bertz CT molecular complexity index is 323. The van der Waals surface area contributed by atoms with E-state index in [9.17, 15) is 5.11 Å². The highest BCUT2D eigenvalue weighted by atomic mass is 32.1. The molecule has 0 aromatic carbocycles. The largest absolute Gasteiger partial charge is 0.385 e. The van der Waals surface area contributed by atoms with Crippen molar-refractivity contribution >= 4 is 11.3 Å². The van der Waals surface area contributed by atoms with Crippen molar-refractivity contribution in [3.05, 3.63) is 22.4 Å². The van der Waals surface area contributed by atoms with Gasteiger partial charge in [-0.25, -0.2) is 0 Å². The van der Waals surface area contributed by atoms with E-state index in [1.165, 1.54) is 0 Å². The number of hydrogen-bond acceptors (Lipinski definition) is 3. The van der Waals surface area contributed by atoms with Gasteiger partial charge in [0.2, 0.25) is 0 Å². The van der Waals surface area contributed by atoms with Crippen molar-refractivity contribution in [2.75, 3.05) is 13.1 Å². The van der Waals surface area contributed by atoms with Gasteiger partial charge in [0.25, 0.3) is 0 Å². The first-order valence-electron chi connectivity index (χ1n) is 6.11. The first-order chi connectivity index (χ1) is 7.62. The summed E-state index contributed by atoms with van der Waals surface area (Å²) in [5.74, 6) is 0. The Morgan fingerprint density at radius 2 is 2.19 bits per heavy atom. The lowest BCUT2D eigenvalue weighted by molar-refractivity contribution is 0.0208. The second kappa shape index (κ2) is 4.86. The summed E-state index contributed by atoms with van der Waals surface area (Å²) in [6.45, 7) is 6.58. The van der Waals surface area contributed by atoms with Crippen molar-refractivity contribution in [3.8, 4) is 0 Å². The maximum atomic E-state index is 10.7. The molecule has 16 heavy (non-hydrogen) atoms. The van der Waals surface area contributed by atoms with Crippen molar-refractivity contribution in [1.29, 1.82) is 0 Å². The van der Waals surface area contributed by atoms with E-state index in [-0.39, 0.29) is 0 Å². The molecule has 2 rings (SSSR count). The van der Waals surface area contributed by atoms with E-state index in [0.717, 1.165) is 37.9 Å². The fourth-order valence-corrected chi connectivity index (χ4v) is 3.22. The van der Waals surface area contributed by atoms with E-state index in [4.69, 9.17) is 0 Å². The van der Waals surface area contributed by atoms with Crippen LogP contribution in [0.4, 0.5) is 0 Å². The van der Waals surface area contributed by atoms with Gasteiger partial charge in [-0.2, -0.15) is 11.3 Å². The molecule has 2 nitrogen and oxygen atoms in total. The minimum Gasteiger partial charge on any atom is -0.385 e. The third-order valence-corrected chi connectivity index (χ3v) is 4.32. The average molecular weight is 239 g/mol. The van der Waals surface area contributed by atoms with Crippen LogP contribution in [0.3, 0.4) is 0 Å². The number of rotatable bonds is 2. The van der Waals surface area contributed by atoms with Gasteiger partial charge in [0.15, 0.2) is 0 Å². The first kappa shape index (κ1) is 12.1. The van der Waals surface area contributed by atoms with E-state index in [1.54, 1.807) is 11.3 Å². The maximum absolute atomic E-state index is 10.7. The molecule has 1 aromatic heterocycles. The van der Waals surface area contributed by atoms with Crippen LogP contribution in [-0.4, -0.2) is 29.1 Å². The zero-order valence-electron chi connectivity index (χ0n) is 10.1. The van der Waals surface area contributed by atoms with Crippen molar-refractivity contribution in [2.45, 2.75) is 44.8 Å². The molecular formula is C13H21NOS. The van der Waals surface area contributed by atoms with Crippen LogP contribution in [0.2, 0.25) is 0 Å². The Kier molecular flexibility index (Phi) is 3.67. The molecule has 90 valence electrons. The van der Waals surface area contributed by atoms with Crippen LogP contribution in [0.5, 0.6) is 0 Å². The van der Waals surface area contributed by atoms with Crippen molar-refractivity contribution < 1.29 is 5.11 Å². The van der Waals surface area contributed by atoms with Crippen LogP contribution >= 0.6 is 11.3 Å². The lowest BCUT2D eigenvalue weighted by Gasteiger charge is -2.27. The van der Waals surface area contributed by atoms with E-state index in [1.807, 2.05) is 0 Å². The third-order valence-electron chi connectivity index (χ3n) is 3.64. The number of hydrogen-bond donors (Lipinski definition) is 1. The Morgan fingerprint density at radius 3 is 2.81 bits per heavy atom. The highest BCUT2D eigenvalue weighted by molar-refractivity contribution is 7.08. The Labute approximate surface area is 102 Å². The fraction of sp³-hybridized carbons (Fsp3) is 0.692. The Morgan fingerprint density at radius 1 is 1.38 bits per heavy atom. The summed E-state index contributed by atoms with van der Waals surface area (Å²) in [7, 11) is 0. The lowest BCUT2D eigenvalue weighted by Crippen LogP contribution is -2.33. The highest BCUT2D eigenvalue weighted by Crippen LogP contribution is 2.34. The Hall–Kier alpha value is -0.380. The van der Waals surface area contributed by atoms with Gasteiger partial charge >= 0.3 is 0 Å². The van der Waals surface area contributed by atoms with Crippen LogP contribution < -0.4 is 0 Å². The van der Waals surface area contributed by atoms with Crippen LogP contribution in [-0.2, 0) is 5.60 Å². The topological polar surface area (TPSA) is 23.5 Å². The molecule has 0 bridgehead atoms. The van der Waals surface area contributed by atoms with Crippen LogP contribution in [0.15, 0.2) is 16.8 Å². The molecule has 1 aliphatic rings. The molecule has 2 heterocycles. The van der Waals surface area contributed by atoms with Crippen molar-refractivity contribution in [2.24, 2.45) is 0 Å². The van der Waals surface area contributed by atoms with Gasteiger partial charge in [0, 0.05) is 12.6 Å². The minimum absolute atomic E-state index is 0.580. The van der Waals surface area contributed by atoms with Gasteiger partial charge in [-0.05, 0) is 62.0 Å². The van der Waals surface area contributed by atoms with Crippen LogP contribution in [0.25, 0.3) is 0 Å². The van der Waals surface area contributed by atoms with Gasteiger partial charge < -0.3 is 10.0 Å². The molecular weight excluding hydrogens is 218 g/mol. The summed E-state index contributed by atoms with van der Waals surface area (Å²) < 4.78 is 0. The molecule has 0 aliphatic carbocycles. The average Bonchev–Trinajstić information content (AvgIpc) is 2.70. The summed E-state index contributed by atoms with van der Waals surface area (Å²) >= 11 is 1.67. The predicted molar refractivity (Wildman–Crippen MR) is 68.8 cm³/mol. The Balaban J connectivity index is 2.08. The summed E-state index contributed by atoms with van der Waals surface area (Å²) in [5.41, 5.74) is 0.534. The van der Waals surface area contributed by atoms with Gasteiger partial charge in [-0.3, -0.25) is 0 Å². The van der Waals surface area contributed by atoms with Gasteiger partial charge in [0.05, 0.1) is 5.60 Å². The van der Waals surface area contributed by atoms with Crippen LogP contribution in [0.1, 0.15) is 38.7 Å². The summed E-state index contributed by atoms with van der Waals surface area (Å²) in [6.07, 6.45) is 2.85. The standard InChI is InChI=1S/C13H21NOS/c1-11(2)14-7-3-5-13(15,6-8-14)12-4-9-16-10-12/h4,9-11,15H,3,5-8H2,1-2H3. The zero-order valence-corrected chi connectivity index (χ0v) is 11.0. The molecule has 1 unspecified atom stereocenters. The van der Waals surface area contributed by atoms with Crippen molar-refractivity contribution in [3.63, 3.8) is 0 Å². The normalized spacial score (nSPS) is 28.2. The quantitative estimate of drug-likeness (QED) is 0.858. The second-order valence-electron chi connectivity index (χ2n) is 5.03.